The molecule has 0 aliphatic heterocycles. The molecular formula is C27H35BrFN3O6. The van der Waals surface area contributed by atoms with Crippen LogP contribution in [0.2, 0.25) is 0 Å². The minimum atomic E-state index is -1.37. The Balaban J connectivity index is 2.14. The van der Waals surface area contributed by atoms with Crippen LogP contribution in [0.3, 0.4) is 0 Å². The van der Waals surface area contributed by atoms with Crippen molar-refractivity contribution in [2.45, 2.75) is 57.7 Å². The lowest BCUT2D eigenvalue weighted by atomic mass is 10.00. The number of benzene rings is 2. The van der Waals surface area contributed by atoms with E-state index in [0.717, 1.165) is 46.3 Å². The number of hydrogen-bond acceptors (Lipinski definition) is 5. The minimum absolute atomic E-state index is 0.0200. The number of alkyl halides is 1. The number of amides is 3. The van der Waals surface area contributed by atoms with E-state index in [-0.39, 0.29) is 44.1 Å². The van der Waals surface area contributed by atoms with Crippen molar-refractivity contribution in [2.75, 3.05) is 18.4 Å². The normalized spacial score (nSPS) is 12.4. The molecule has 0 aromatic heterocycles. The van der Waals surface area contributed by atoms with Crippen LogP contribution in [0.4, 0.5) is 9.18 Å². The van der Waals surface area contributed by atoms with Gasteiger partial charge in [0, 0.05) is 24.4 Å². The summed E-state index contributed by atoms with van der Waals surface area (Å²) in [5, 5.41) is 36.4. The van der Waals surface area contributed by atoms with Crippen molar-refractivity contribution >= 4 is 33.8 Å². The summed E-state index contributed by atoms with van der Waals surface area (Å²) in [5.41, 5.74) is 2.08. The van der Waals surface area contributed by atoms with Crippen molar-refractivity contribution in [1.29, 1.82) is 0 Å². The number of rotatable bonds is 15. The Bertz CT molecular complexity index is 1070. The lowest BCUT2D eigenvalue weighted by Crippen LogP contribution is -2.52. The molecule has 0 bridgehead atoms. The largest absolute Gasteiger partial charge is 0.508 e. The molecule has 5 N–H and O–H groups in total. The van der Waals surface area contributed by atoms with Crippen molar-refractivity contribution in [1.82, 2.24) is 15.5 Å². The Labute approximate surface area is 230 Å². The lowest BCUT2D eigenvalue weighted by molar-refractivity contribution is -0.127. The number of nitrogens with one attached hydrogen (secondary N) is 2. The Morgan fingerprint density at radius 3 is 2.45 bits per heavy atom. The summed E-state index contributed by atoms with van der Waals surface area (Å²) >= 11 is 3.29. The maximum absolute atomic E-state index is 13.9. The topological polar surface area (TPSA) is 139 Å². The van der Waals surface area contributed by atoms with Crippen LogP contribution in [-0.4, -0.2) is 68.7 Å². The van der Waals surface area contributed by atoms with E-state index in [4.69, 9.17) is 0 Å². The van der Waals surface area contributed by atoms with Crippen LogP contribution < -0.4 is 10.6 Å². The predicted octanol–water partition coefficient (Wildman–Crippen LogP) is 3.34. The monoisotopic (exact) mass is 595 g/mol. The average Bonchev–Trinajstić information content (AvgIpc) is 2.86. The van der Waals surface area contributed by atoms with Crippen molar-refractivity contribution in [3.8, 4) is 5.75 Å². The predicted molar refractivity (Wildman–Crippen MR) is 145 cm³/mol. The first kappa shape index (κ1) is 31.0. The van der Waals surface area contributed by atoms with E-state index >= 15 is 0 Å². The van der Waals surface area contributed by atoms with Crippen LogP contribution in [0.1, 0.15) is 42.9 Å². The van der Waals surface area contributed by atoms with E-state index < -0.39 is 30.0 Å². The van der Waals surface area contributed by atoms with Gasteiger partial charge >= 0.3 is 6.09 Å². The molecule has 11 heteroatoms. The van der Waals surface area contributed by atoms with E-state index in [0.29, 0.717) is 12.0 Å². The SMILES string of the molecule is CCc1cccc(CN(CC(O)C(Cc2cc(O)cc(F)c2)NC(=O)CNC(=O)CCCCBr)C(=O)O)c1. The number of nitrogens with zero attached hydrogens (tertiary/aromatic N) is 1. The lowest BCUT2D eigenvalue weighted by Gasteiger charge is -2.29. The van der Waals surface area contributed by atoms with Gasteiger partial charge in [0.05, 0.1) is 25.2 Å². The third kappa shape index (κ3) is 11.1. The summed E-state index contributed by atoms with van der Waals surface area (Å²) in [6, 6.07) is 9.79. The van der Waals surface area contributed by atoms with Gasteiger partial charge < -0.3 is 30.9 Å². The highest BCUT2D eigenvalue weighted by atomic mass is 79.9. The van der Waals surface area contributed by atoms with Gasteiger partial charge in [-0.3, -0.25) is 9.59 Å². The van der Waals surface area contributed by atoms with E-state index in [1.54, 1.807) is 6.07 Å². The van der Waals surface area contributed by atoms with Crippen LogP contribution >= 0.6 is 15.9 Å². The Morgan fingerprint density at radius 2 is 1.79 bits per heavy atom. The molecule has 38 heavy (non-hydrogen) atoms. The minimum Gasteiger partial charge on any atom is -0.508 e. The van der Waals surface area contributed by atoms with Crippen LogP contribution in [-0.2, 0) is 29.0 Å². The molecular weight excluding hydrogens is 561 g/mol. The van der Waals surface area contributed by atoms with Gasteiger partial charge in [-0.05, 0) is 54.5 Å². The van der Waals surface area contributed by atoms with E-state index in [1.165, 1.54) is 6.07 Å². The molecule has 0 spiro atoms. The molecule has 0 saturated heterocycles. The number of phenolic OH excluding ortho intramolecular Hbond substituents is 1. The van der Waals surface area contributed by atoms with Gasteiger partial charge in [-0.2, -0.15) is 0 Å². The first-order chi connectivity index (χ1) is 18.1. The standard InChI is InChI=1S/C27H35BrFN3O6/c1-2-18-6-5-7-19(10-18)16-32(27(37)38)17-24(34)23(13-20-11-21(29)14-22(33)12-20)31-26(36)15-30-25(35)8-3-4-9-28/h5-7,10-12,14,23-24,33-34H,2-4,8-9,13,15-17H2,1H3,(H,30,35)(H,31,36)(H,37,38). The number of aliphatic hydroxyl groups excluding tert-OH is 1. The average molecular weight is 596 g/mol. The van der Waals surface area contributed by atoms with E-state index in [1.807, 2.05) is 25.1 Å². The number of aryl methyl sites for hydroxylation is 1. The van der Waals surface area contributed by atoms with Gasteiger partial charge in [0.1, 0.15) is 11.6 Å². The second-order valence-electron chi connectivity index (χ2n) is 9.02. The van der Waals surface area contributed by atoms with Crippen molar-refractivity contribution < 1.29 is 34.1 Å². The highest BCUT2D eigenvalue weighted by Gasteiger charge is 2.27. The zero-order valence-electron chi connectivity index (χ0n) is 21.3. The molecule has 9 nitrogen and oxygen atoms in total. The number of halogens is 2. The number of carbonyl (C=O) groups excluding carboxylic acids is 2. The number of aromatic hydroxyl groups is 1. The van der Waals surface area contributed by atoms with E-state index in [2.05, 4.69) is 26.6 Å². The number of aliphatic hydroxyl groups is 1. The molecule has 0 saturated carbocycles. The summed E-state index contributed by atoms with van der Waals surface area (Å²) in [5.74, 6) is -1.91. The molecule has 0 heterocycles. The first-order valence-corrected chi connectivity index (χ1v) is 13.6. The highest BCUT2D eigenvalue weighted by molar-refractivity contribution is 9.09. The molecule has 0 radical (unpaired) electrons. The number of unbranched alkanes of at least 4 members (excludes halogenated alkanes) is 1. The van der Waals surface area contributed by atoms with Gasteiger partial charge in [-0.15, -0.1) is 0 Å². The Hall–Kier alpha value is -3.18. The smallest absolute Gasteiger partial charge is 0.407 e. The molecule has 2 rings (SSSR count). The summed E-state index contributed by atoms with van der Waals surface area (Å²) in [7, 11) is 0. The summed E-state index contributed by atoms with van der Waals surface area (Å²) < 4.78 is 13.9. The van der Waals surface area contributed by atoms with Crippen molar-refractivity contribution in [3.05, 3.63) is 65.0 Å². The fraction of sp³-hybridized carbons (Fsp3) is 0.444. The van der Waals surface area contributed by atoms with Crippen molar-refractivity contribution in [2.24, 2.45) is 0 Å². The van der Waals surface area contributed by atoms with Crippen LogP contribution in [0.15, 0.2) is 42.5 Å². The van der Waals surface area contributed by atoms with Crippen LogP contribution in [0.25, 0.3) is 0 Å². The molecule has 0 aliphatic carbocycles. The number of carbonyl (C=O) groups is 3. The summed E-state index contributed by atoms with van der Waals surface area (Å²) in [6.45, 7) is 1.33. The zero-order chi connectivity index (χ0) is 28.1. The van der Waals surface area contributed by atoms with Gasteiger partial charge in [0.15, 0.2) is 0 Å². The fourth-order valence-electron chi connectivity index (χ4n) is 3.93. The first-order valence-electron chi connectivity index (χ1n) is 12.5. The maximum Gasteiger partial charge on any atom is 0.407 e. The fourth-order valence-corrected chi connectivity index (χ4v) is 4.32. The van der Waals surface area contributed by atoms with Gasteiger partial charge in [-0.1, -0.05) is 47.1 Å². The number of carboxylic acid groups (broad SMARTS) is 1. The molecule has 2 aromatic rings. The molecule has 0 aliphatic rings. The van der Waals surface area contributed by atoms with Gasteiger partial charge in [0.2, 0.25) is 11.8 Å². The second-order valence-corrected chi connectivity index (χ2v) is 9.82. The molecule has 3 amide bonds. The maximum atomic E-state index is 13.9. The number of hydrogen-bond donors (Lipinski definition) is 5. The quantitative estimate of drug-likeness (QED) is 0.158. The third-order valence-electron chi connectivity index (χ3n) is 5.89. The van der Waals surface area contributed by atoms with Crippen LogP contribution in [0.5, 0.6) is 5.75 Å². The molecule has 0 fully saturated rings. The summed E-state index contributed by atoms with van der Waals surface area (Å²) in [6.07, 6.45) is -0.187. The summed E-state index contributed by atoms with van der Waals surface area (Å²) in [4.78, 5) is 37.6. The zero-order valence-corrected chi connectivity index (χ0v) is 22.9. The second kappa shape index (κ2) is 15.9. The van der Waals surface area contributed by atoms with Crippen LogP contribution in [0, 0.1) is 5.82 Å². The third-order valence-corrected chi connectivity index (χ3v) is 6.45. The van der Waals surface area contributed by atoms with E-state index in [9.17, 15) is 34.1 Å². The van der Waals surface area contributed by atoms with Crippen molar-refractivity contribution in [3.63, 3.8) is 0 Å². The highest BCUT2D eigenvalue weighted by Crippen LogP contribution is 2.18. The Kier molecular flexibility index (Phi) is 13.0. The number of phenols is 1. The molecule has 2 aromatic carbocycles. The Morgan fingerprint density at radius 1 is 1.05 bits per heavy atom. The van der Waals surface area contributed by atoms with Gasteiger partial charge in [0.25, 0.3) is 0 Å². The molecule has 2 atom stereocenters. The molecule has 208 valence electrons. The molecule has 2 unspecified atom stereocenters. The van der Waals surface area contributed by atoms with Gasteiger partial charge in [-0.25, -0.2) is 9.18 Å².